The summed E-state index contributed by atoms with van der Waals surface area (Å²) in [5, 5.41) is 0.171. The number of hydrogen-bond donors (Lipinski definition) is 0. The van der Waals surface area contributed by atoms with E-state index in [4.69, 9.17) is 30.4 Å². The summed E-state index contributed by atoms with van der Waals surface area (Å²) in [6.45, 7) is 7.65. The van der Waals surface area contributed by atoms with Crippen molar-refractivity contribution in [1.29, 1.82) is 0 Å². The molecule has 0 atom stereocenters. The van der Waals surface area contributed by atoms with E-state index in [2.05, 4.69) is 0 Å². The highest BCUT2D eigenvalue weighted by atomic mass is 35.5. The van der Waals surface area contributed by atoms with Crippen LogP contribution in [0.3, 0.4) is 0 Å². The maximum atomic E-state index is 14.2. The van der Waals surface area contributed by atoms with Gasteiger partial charge in [0.15, 0.2) is 6.79 Å². The Balaban J connectivity index is 2.32. The van der Waals surface area contributed by atoms with Crippen LogP contribution in [0.4, 0.5) is 4.39 Å². The van der Waals surface area contributed by atoms with Gasteiger partial charge in [-0.2, -0.15) is 0 Å². The van der Waals surface area contributed by atoms with Crippen LogP contribution in [0.2, 0.25) is 5.02 Å². The zero-order valence-electron chi connectivity index (χ0n) is 12.8. The lowest BCUT2D eigenvalue weighted by Crippen LogP contribution is -2.41. The second-order valence-electron chi connectivity index (χ2n) is 5.94. The minimum atomic E-state index is -0.808. The third-order valence-corrected chi connectivity index (χ3v) is 4.19. The average molecular weight is 317 g/mol. The van der Waals surface area contributed by atoms with Gasteiger partial charge >= 0.3 is 7.12 Å². The van der Waals surface area contributed by atoms with Crippen molar-refractivity contribution in [2.24, 2.45) is 0 Å². The molecule has 116 valence electrons. The SMILES string of the molecule is COCOc1cc(B2OC(C)(C)C(C)(C)O2)c(F)cc1Cl. The molecule has 1 aromatic rings. The van der Waals surface area contributed by atoms with Crippen molar-refractivity contribution in [2.45, 2.75) is 38.9 Å². The average Bonchev–Trinajstić information content (AvgIpc) is 2.57. The van der Waals surface area contributed by atoms with E-state index in [1.165, 1.54) is 19.2 Å². The normalized spacial score (nSPS) is 19.9. The Morgan fingerprint density at radius 2 is 1.76 bits per heavy atom. The fourth-order valence-electron chi connectivity index (χ4n) is 1.93. The van der Waals surface area contributed by atoms with Gasteiger partial charge in [0.2, 0.25) is 0 Å². The number of rotatable bonds is 4. The van der Waals surface area contributed by atoms with Crippen LogP contribution in [0.25, 0.3) is 0 Å². The molecule has 7 heteroatoms. The van der Waals surface area contributed by atoms with Gasteiger partial charge in [-0.1, -0.05) is 11.6 Å². The minimum Gasteiger partial charge on any atom is -0.466 e. The summed E-state index contributed by atoms with van der Waals surface area (Å²) in [5.74, 6) is -0.173. The van der Waals surface area contributed by atoms with E-state index in [0.717, 1.165) is 0 Å². The van der Waals surface area contributed by atoms with Crippen molar-refractivity contribution in [1.82, 2.24) is 0 Å². The number of ether oxygens (including phenoxy) is 2. The lowest BCUT2D eigenvalue weighted by Gasteiger charge is -2.32. The summed E-state index contributed by atoms with van der Waals surface area (Å²) in [5.41, 5.74) is -0.835. The summed E-state index contributed by atoms with van der Waals surface area (Å²) < 4.78 is 36.0. The van der Waals surface area contributed by atoms with E-state index in [1.54, 1.807) is 0 Å². The zero-order chi connectivity index (χ0) is 15.8. The third-order valence-electron chi connectivity index (χ3n) is 3.89. The maximum Gasteiger partial charge on any atom is 0.497 e. The molecule has 0 saturated carbocycles. The van der Waals surface area contributed by atoms with E-state index >= 15 is 0 Å². The van der Waals surface area contributed by atoms with Gasteiger partial charge in [-0.05, 0) is 39.8 Å². The summed E-state index contributed by atoms with van der Waals surface area (Å²) in [7, 11) is 0.684. The topological polar surface area (TPSA) is 36.9 Å². The van der Waals surface area contributed by atoms with Gasteiger partial charge in [-0.15, -0.1) is 0 Å². The number of halogens is 2. The van der Waals surface area contributed by atoms with Crippen LogP contribution in [-0.4, -0.2) is 32.2 Å². The Morgan fingerprint density at radius 1 is 1.19 bits per heavy atom. The summed E-state index contributed by atoms with van der Waals surface area (Å²) >= 11 is 5.95. The number of hydrogen-bond acceptors (Lipinski definition) is 4. The molecule has 0 unspecified atom stereocenters. The van der Waals surface area contributed by atoms with Crippen LogP contribution in [0.1, 0.15) is 27.7 Å². The van der Waals surface area contributed by atoms with Gasteiger partial charge in [0.05, 0.1) is 16.2 Å². The van der Waals surface area contributed by atoms with Gasteiger partial charge in [0.25, 0.3) is 0 Å². The molecule has 0 aromatic heterocycles. The molecular weight excluding hydrogens is 297 g/mol. The van der Waals surface area contributed by atoms with Crippen LogP contribution in [0, 0.1) is 5.82 Å². The molecule has 21 heavy (non-hydrogen) atoms. The second-order valence-corrected chi connectivity index (χ2v) is 6.35. The van der Waals surface area contributed by atoms with Crippen LogP contribution < -0.4 is 10.2 Å². The largest absolute Gasteiger partial charge is 0.497 e. The predicted octanol–water partition coefficient (Wildman–Crippen LogP) is 2.76. The van der Waals surface area contributed by atoms with Crippen molar-refractivity contribution in [3.63, 3.8) is 0 Å². The smallest absolute Gasteiger partial charge is 0.466 e. The molecule has 1 fully saturated rings. The van der Waals surface area contributed by atoms with Crippen molar-refractivity contribution in [3.8, 4) is 5.75 Å². The highest BCUT2D eigenvalue weighted by molar-refractivity contribution is 6.62. The van der Waals surface area contributed by atoms with Gasteiger partial charge in [-0.25, -0.2) is 4.39 Å². The van der Waals surface area contributed by atoms with Crippen LogP contribution in [0.5, 0.6) is 5.75 Å². The zero-order valence-corrected chi connectivity index (χ0v) is 13.6. The number of methoxy groups -OCH3 is 1. The molecule has 0 spiro atoms. The molecule has 0 amide bonds. The fraction of sp³-hybridized carbons (Fsp3) is 0.571. The summed E-state index contributed by atoms with van der Waals surface area (Å²) in [6, 6.07) is 2.67. The Bertz CT molecular complexity index is 520. The van der Waals surface area contributed by atoms with Crippen molar-refractivity contribution in [3.05, 3.63) is 23.0 Å². The van der Waals surface area contributed by atoms with Gasteiger partial charge in [-0.3, -0.25) is 0 Å². The highest BCUT2D eigenvalue weighted by Crippen LogP contribution is 2.37. The Kier molecular flexibility index (Phi) is 4.54. The van der Waals surface area contributed by atoms with E-state index in [-0.39, 0.29) is 17.3 Å². The molecule has 0 bridgehead atoms. The number of benzene rings is 1. The molecule has 1 aliphatic rings. The fourth-order valence-corrected chi connectivity index (χ4v) is 2.13. The monoisotopic (exact) mass is 316 g/mol. The van der Waals surface area contributed by atoms with Gasteiger partial charge in [0, 0.05) is 12.6 Å². The molecule has 1 saturated heterocycles. The molecular formula is C14H19BClFO4. The van der Waals surface area contributed by atoms with Crippen molar-refractivity contribution in [2.75, 3.05) is 13.9 Å². The summed E-state index contributed by atoms with van der Waals surface area (Å²) in [4.78, 5) is 0. The van der Waals surface area contributed by atoms with E-state index < -0.39 is 24.1 Å². The van der Waals surface area contributed by atoms with Crippen LogP contribution in [-0.2, 0) is 14.0 Å². The first-order valence-electron chi connectivity index (χ1n) is 6.64. The summed E-state index contributed by atoms with van der Waals surface area (Å²) in [6.07, 6.45) is 0. The van der Waals surface area contributed by atoms with Gasteiger partial charge in [0.1, 0.15) is 11.6 Å². The molecule has 1 heterocycles. The molecule has 0 aliphatic carbocycles. The van der Waals surface area contributed by atoms with Crippen molar-refractivity contribution < 1.29 is 23.2 Å². The van der Waals surface area contributed by atoms with Crippen LogP contribution in [0.15, 0.2) is 12.1 Å². The van der Waals surface area contributed by atoms with Gasteiger partial charge < -0.3 is 18.8 Å². The standard InChI is InChI=1S/C14H19BClFO4/c1-13(2)14(3,4)21-15(20-13)9-6-12(19-8-18-5)10(16)7-11(9)17/h6-7H,8H2,1-5H3. The third kappa shape index (κ3) is 3.18. The van der Waals surface area contributed by atoms with E-state index in [1.807, 2.05) is 27.7 Å². The molecule has 0 N–H and O–H groups in total. The first kappa shape index (κ1) is 16.6. The molecule has 0 radical (unpaired) electrons. The molecule has 1 aromatic carbocycles. The molecule has 4 nitrogen and oxygen atoms in total. The van der Waals surface area contributed by atoms with Crippen molar-refractivity contribution >= 4 is 24.2 Å². The first-order valence-corrected chi connectivity index (χ1v) is 7.02. The maximum absolute atomic E-state index is 14.2. The Morgan fingerprint density at radius 3 is 2.29 bits per heavy atom. The first-order chi connectivity index (χ1) is 9.68. The Hall–Kier alpha value is -0.815. The quantitative estimate of drug-likeness (QED) is 0.632. The minimum absolute atomic E-state index is 0.0220. The predicted molar refractivity (Wildman–Crippen MR) is 79.6 cm³/mol. The lowest BCUT2D eigenvalue weighted by molar-refractivity contribution is 0.00578. The van der Waals surface area contributed by atoms with E-state index in [0.29, 0.717) is 5.75 Å². The lowest BCUT2D eigenvalue weighted by atomic mass is 9.78. The van der Waals surface area contributed by atoms with Crippen LogP contribution >= 0.6 is 11.6 Å². The second kappa shape index (κ2) is 5.76. The molecule has 1 aliphatic heterocycles. The molecule has 2 rings (SSSR count). The Labute approximate surface area is 129 Å². The highest BCUT2D eigenvalue weighted by Gasteiger charge is 2.52. The van der Waals surface area contributed by atoms with E-state index in [9.17, 15) is 4.39 Å².